The van der Waals surface area contributed by atoms with Crippen molar-refractivity contribution in [3.63, 3.8) is 0 Å². The van der Waals surface area contributed by atoms with E-state index in [0.717, 1.165) is 32.1 Å². The summed E-state index contributed by atoms with van der Waals surface area (Å²) in [6, 6.07) is 11.9. The number of primary amides is 1. The van der Waals surface area contributed by atoms with Crippen molar-refractivity contribution in [3.05, 3.63) is 58.8 Å². The van der Waals surface area contributed by atoms with Crippen molar-refractivity contribution >= 4 is 44.3 Å². The molecule has 0 saturated carbocycles. The van der Waals surface area contributed by atoms with Crippen LogP contribution in [-0.4, -0.2) is 36.9 Å². The zero-order valence-electron chi connectivity index (χ0n) is 18.1. The van der Waals surface area contributed by atoms with Crippen LogP contribution in [0.25, 0.3) is 27.7 Å². The Hall–Kier alpha value is -3.06. The molecule has 3 aromatic rings. The largest absolute Gasteiger partial charge is 0.496 e. The number of hydrogen-bond acceptors (Lipinski definition) is 4. The number of nitrogens with two attached hydrogens (primary N) is 1. The number of carbonyl (C=O) groups excluding carboxylic acids is 2. The molecule has 0 spiro atoms. The Morgan fingerprint density at radius 3 is 2.62 bits per heavy atom. The van der Waals surface area contributed by atoms with Crippen LogP contribution in [0.5, 0.6) is 5.75 Å². The molecule has 2 amide bonds. The monoisotopic (exact) mass is 496 g/mol. The number of allylic oxidation sites excluding steroid dienone is 1. The summed E-state index contributed by atoms with van der Waals surface area (Å²) in [5, 5.41) is 0.946. The van der Waals surface area contributed by atoms with Gasteiger partial charge in [-0.15, -0.1) is 0 Å². The molecule has 0 atom stereocenters. The highest BCUT2D eigenvalue weighted by Gasteiger charge is 2.25. The number of likely N-dealkylation sites (tertiary alicyclic amines) is 1. The minimum absolute atomic E-state index is 0.0769. The number of methoxy groups -OCH3 is 1. The molecule has 1 aliphatic heterocycles. The lowest BCUT2D eigenvalue weighted by Crippen LogP contribution is -2.41. The number of carbonyl (C=O) groups is 2. The van der Waals surface area contributed by atoms with E-state index in [-0.39, 0.29) is 17.7 Å². The molecule has 4 rings (SSSR count). The van der Waals surface area contributed by atoms with Crippen LogP contribution >= 0.6 is 15.9 Å². The third-order valence-electron chi connectivity index (χ3n) is 6.01. The van der Waals surface area contributed by atoms with E-state index in [2.05, 4.69) is 15.9 Å². The molecule has 1 saturated heterocycles. The minimum Gasteiger partial charge on any atom is -0.496 e. The third-order valence-corrected chi connectivity index (χ3v) is 6.50. The summed E-state index contributed by atoms with van der Waals surface area (Å²) < 4.78 is 12.4. The number of furan rings is 1. The van der Waals surface area contributed by atoms with Gasteiger partial charge in [-0.2, -0.15) is 0 Å². The average molecular weight is 497 g/mol. The van der Waals surface area contributed by atoms with Gasteiger partial charge in [0.05, 0.1) is 13.4 Å². The van der Waals surface area contributed by atoms with Crippen molar-refractivity contribution in [2.45, 2.75) is 19.8 Å². The van der Waals surface area contributed by atoms with Crippen molar-refractivity contribution in [3.8, 4) is 16.9 Å². The van der Waals surface area contributed by atoms with Crippen LogP contribution < -0.4 is 10.5 Å². The summed E-state index contributed by atoms with van der Waals surface area (Å²) >= 11 is 3.52. The highest BCUT2D eigenvalue weighted by Crippen LogP contribution is 2.38. The molecule has 0 aliphatic carbocycles. The molecule has 6 nitrogen and oxygen atoms in total. The molecule has 1 aliphatic rings. The van der Waals surface area contributed by atoms with Gasteiger partial charge in [-0.3, -0.25) is 9.59 Å². The van der Waals surface area contributed by atoms with Crippen molar-refractivity contribution in [1.29, 1.82) is 0 Å². The second-order valence-corrected chi connectivity index (χ2v) is 8.95. The SMILES string of the molecule is COc1cc2occ(-c3cccc(Br)c3)c2cc1/C(C)=C/C(=O)N1CCC(C(N)=O)CC1. The molecule has 1 aromatic heterocycles. The fraction of sp³-hybridized carbons (Fsp3) is 0.280. The summed E-state index contributed by atoms with van der Waals surface area (Å²) in [5.74, 6) is 0.126. The number of rotatable bonds is 5. The fourth-order valence-corrected chi connectivity index (χ4v) is 4.55. The Labute approximate surface area is 195 Å². The van der Waals surface area contributed by atoms with Crippen LogP contribution in [0.3, 0.4) is 0 Å². The topological polar surface area (TPSA) is 85.8 Å². The highest BCUT2D eigenvalue weighted by molar-refractivity contribution is 9.10. The number of ether oxygens (including phenoxy) is 1. The number of amides is 2. The lowest BCUT2D eigenvalue weighted by atomic mass is 9.96. The van der Waals surface area contributed by atoms with Gasteiger partial charge < -0.3 is 19.8 Å². The van der Waals surface area contributed by atoms with E-state index in [1.54, 1.807) is 24.3 Å². The maximum atomic E-state index is 12.9. The predicted octanol–water partition coefficient (Wildman–Crippen LogP) is 5.00. The number of benzene rings is 2. The van der Waals surface area contributed by atoms with Crippen LogP contribution in [-0.2, 0) is 9.59 Å². The van der Waals surface area contributed by atoms with E-state index in [0.29, 0.717) is 37.3 Å². The fourth-order valence-electron chi connectivity index (χ4n) is 4.15. The van der Waals surface area contributed by atoms with Gasteiger partial charge in [0.1, 0.15) is 11.3 Å². The normalized spacial score (nSPS) is 15.2. The highest BCUT2D eigenvalue weighted by atomic mass is 79.9. The molecule has 7 heteroatoms. The Balaban J connectivity index is 1.66. The number of fused-ring (bicyclic) bond motifs is 1. The summed E-state index contributed by atoms with van der Waals surface area (Å²) in [5.41, 5.74) is 9.75. The van der Waals surface area contributed by atoms with Crippen LogP contribution in [0, 0.1) is 5.92 Å². The van der Waals surface area contributed by atoms with Crippen LogP contribution in [0.4, 0.5) is 0 Å². The standard InChI is InChI=1S/C25H25BrN2O4/c1-15(10-24(29)28-8-6-16(7-9-28)25(27)30)19-12-20-21(17-4-3-5-18(26)11-17)14-32-23(20)13-22(19)31-2/h3-5,10-14,16H,6-9H2,1-2H3,(H2,27,30)/b15-10+. The zero-order chi connectivity index (χ0) is 22.8. The second-order valence-electron chi connectivity index (χ2n) is 8.04. The van der Waals surface area contributed by atoms with E-state index in [9.17, 15) is 9.59 Å². The Morgan fingerprint density at radius 1 is 1.22 bits per heavy atom. The predicted molar refractivity (Wildman–Crippen MR) is 128 cm³/mol. The second kappa shape index (κ2) is 9.20. The van der Waals surface area contributed by atoms with Crippen LogP contribution in [0.2, 0.25) is 0 Å². The first kappa shape index (κ1) is 22.1. The van der Waals surface area contributed by atoms with E-state index in [4.69, 9.17) is 14.9 Å². The van der Waals surface area contributed by atoms with Crippen molar-refractivity contribution < 1.29 is 18.7 Å². The number of hydrogen-bond donors (Lipinski definition) is 1. The molecule has 2 N–H and O–H groups in total. The van der Waals surface area contributed by atoms with Gasteiger partial charge >= 0.3 is 0 Å². The zero-order valence-corrected chi connectivity index (χ0v) is 19.6. The molecule has 166 valence electrons. The number of nitrogens with zero attached hydrogens (tertiary/aromatic N) is 1. The van der Waals surface area contributed by atoms with Gasteiger partial charge in [-0.25, -0.2) is 0 Å². The van der Waals surface area contributed by atoms with Gasteiger partial charge in [-0.05, 0) is 49.1 Å². The summed E-state index contributed by atoms with van der Waals surface area (Å²) in [4.78, 5) is 26.0. The lowest BCUT2D eigenvalue weighted by Gasteiger charge is -2.30. The minimum atomic E-state index is -0.289. The van der Waals surface area contributed by atoms with Crippen LogP contribution in [0.1, 0.15) is 25.3 Å². The Kier molecular flexibility index (Phi) is 6.37. The summed E-state index contributed by atoms with van der Waals surface area (Å²) in [6.07, 6.45) is 4.58. The molecular weight excluding hydrogens is 472 g/mol. The molecule has 32 heavy (non-hydrogen) atoms. The molecule has 1 fully saturated rings. The maximum absolute atomic E-state index is 12.9. The van der Waals surface area contributed by atoms with Gasteiger partial charge in [-0.1, -0.05) is 28.1 Å². The van der Waals surface area contributed by atoms with Gasteiger partial charge in [0.25, 0.3) is 0 Å². The molecular formula is C25H25BrN2O4. The van der Waals surface area contributed by atoms with Gasteiger partial charge in [0.15, 0.2) is 0 Å². The van der Waals surface area contributed by atoms with E-state index < -0.39 is 0 Å². The number of piperidine rings is 1. The van der Waals surface area contributed by atoms with E-state index in [1.807, 2.05) is 43.3 Å². The molecule has 0 radical (unpaired) electrons. The molecule has 2 heterocycles. The smallest absolute Gasteiger partial charge is 0.246 e. The molecule has 2 aromatic carbocycles. The van der Waals surface area contributed by atoms with Crippen molar-refractivity contribution in [2.24, 2.45) is 11.7 Å². The third kappa shape index (κ3) is 4.43. The summed E-state index contributed by atoms with van der Waals surface area (Å²) in [7, 11) is 1.60. The van der Waals surface area contributed by atoms with Gasteiger partial charge in [0, 0.05) is 52.1 Å². The quantitative estimate of drug-likeness (QED) is 0.503. The van der Waals surface area contributed by atoms with E-state index in [1.165, 1.54) is 0 Å². The lowest BCUT2D eigenvalue weighted by molar-refractivity contribution is -0.130. The first-order valence-corrected chi connectivity index (χ1v) is 11.3. The van der Waals surface area contributed by atoms with Crippen LogP contribution in [0.15, 0.2) is 57.6 Å². The number of halogens is 1. The maximum Gasteiger partial charge on any atom is 0.246 e. The molecule has 0 unspecified atom stereocenters. The van der Waals surface area contributed by atoms with Crippen molar-refractivity contribution in [2.75, 3.05) is 20.2 Å². The first-order valence-electron chi connectivity index (χ1n) is 10.5. The van der Waals surface area contributed by atoms with Crippen molar-refractivity contribution in [1.82, 2.24) is 4.90 Å². The Bertz CT molecular complexity index is 1210. The summed E-state index contributed by atoms with van der Waals surface area (Å²) in [6.45, 7) is 2.96. The first-order chi connectivity index (χ1) is 15.4. The Morgan fingerprint density at radius 2 is 1.97 bits per heavy atom. The van der Waals surface area contributed by atoms with Gasteiger partial charge in [0.2, 0.25) is 11.8 Å². The van der Waals surface area contributed by atoms with E-state index >= 15 is 0 Å². The average Bonchev–Trinajstić information content (AvgIpc) is 3.21. The molecule has 0 bridgehead atoms.